The monoisotopic (exact) mass is 543 g/mol. The number of carboxylic acids is 1. The van der Waals surface area contributed by atoms with Crippen LogP contribution in [0, 0.1) is 5.92 Å². The number of nitrogens with zero attached hydrogens (tertiary/aromatic N) is 1. The van der Waals surface area contributed by atoms with Gasteiger partial charge in [0.1, 0.15) is 18.1 Å². The molecule has 16 nitrogen and oxygen atoms in total. The average Bonchev–Trinajstić information content (AvgIpc) is 2.83. The maximum Gasteiger partial charge on any atom is 0.326 e. The minimum atomic E-state index is -1.42. The number of nitrogens with two attached hydrogens (primary N) is 5. The lowest BCUT2D eigenvalue weighted by Crippen LogP contribution is -2.58. The predicted octanol–water partition coefficient (Wildman–Crippen LogP) is -3.52. The van der Waals surface area contributed by atoms with E-state index in [0.29, 0.717) is 12.8 Å². The number of carbonyl (C=O) groups excluding carboxylic acids is 5. The Hall–Kier alpha value is -3.95. The van der Waals surface area contributed by atoms with Crippen molar-refractivity contribution in [3.63, 3.8) is 0 Å². The average molecular weight is 544 g/mol. The van der Waals surface area contributed by atoms with Crippen LogP contribution >= 0.6 is 0 Å². The zero-order valence-corrected chi connectivity index (χ0v) is 21.8. The molecule has 0 spiro atoms. The number of hydrogen-bond acceptors (Lipinski definition) is 8. The van der Waals surface area contributed by atoms with Crippen LogP contribution in [-0.2, 0) is 28.8 Å². The van der Waals surface area contributed by atoms with E-state index >= 15 is 0 Å². The topological polar surface area (TPSA) is 301 Å². The van der Waals surface area contributed by atoms with Crippen molar-refractivity contribution in [3.05, 3.63) is 0 Å². The minimum Gasteiger partial charge on any atom is -0.480 e. The zero-order valence-electron chi connectivity index (χ0n) is 21.8. The molecule has 0 rings (SSSR count). The number of guanidine groups is 1. The number of carboxylic acid groups (broad SMARTS) is 1. The molecule has 0 aliphatic rings. The molecule has 16 heteroatoms. The van der Waals surface area contributed by atoms with Crippen LogP contribution in [0.1, 0.15) is 58.8 Å². The van der Waals surface area contributed by atoms with Gasteiger partial charge in [0.25, 0.3) is 0 Å². The van der Waals surface area contributed by atoms with Gasteiger partial charge < -0.3 is 49.7 Å². The molecule has 5 amide bonds. The van der Waals surface area contributed by atoms with Gasteiger partial charge in [-0.2, -0.15) is 0 Å². The lowest BCUT2D eigenvalue weighted by molar-refractivity contribution is -0.143. The molecule has 0 aliphatic heterocycles. The normalized spacial score (nSPS) is 14.6. The Morgan fingerprint density at radius 2 is 1.32 bits per heavy atom. The summed E-state index contributed by atoms with van der Waals surface area (Å²) in [6, 6.07) is -4.88. The number of nitrogens with one attached hydrogen (secondary N) is 3. The van der Waals surface area contributed by atoms with E-state index in [1.54, 1.807) is 13.8 Å². The Bertz CT molecular complexity index is 877. The van der Waals surface area contributed by atoms with Crippen LogP contribution in [0.3, 0.4) is 0 Å². The summed E-state index contributed by atoms with van der Waals surface area (Å²) in [7, 11) is 0. The molecule has 0 fully saturated rings. The number of hydrogen-bond donors (Lipinski definition) is 9. The van der Waals surface area contributed by atoms with Crippen molar-refractivity contribution in [2.45, 2.75) is 83.0 Å². The number of aliphatic carboxylic acids is 1. The highest BCUT2D eigenvalue weighted by molar-refractivity contribution is 5.94. The molecular weight excluding hydrogens is 502 g/mol. The fraction of sp³-hybridized carbons (Fsp3) is 0.682. The molecule has 0 aromatic heterocycles. The van der Waals surface area contributed by atoms with Crippen molar-refractivity contribution in [3.8, 4) is 0 Å². The molecule has 0 saturated heterocycles. The van der Waals surface area contributed by atoms with Gasteiger partial charge in [0, 0.05) is 19.4 Å². The standard InChI is InChI=1S/C22H41N9O7/c1-3-11(2)17(20(36)30-14(21(37)38)7-9-16(25)33)31-19(35)13(6-8-15(24)32)29-18(34)12(23)5-4-10-28-22(26)27/h11-14,17H,3-10,23H2,1-2H3,(H2,24,32)(H2,25,33)(H,29,34)(H,30,36)(H,31,35)(H,37,38)(H4,26,27,28). The first-order valence-electron chi connectivity index (χ1n) is 12.2. The van der Waals surface area contributed by atoms with Crippen molar-refractivity contribution in [2.24, 2.45) is 39.6 Å². The van der Waals surface area contributed by atoms with Crippen LogP contribution in [0.25, 0.3) is 0 Å². The van der Waals surface area contributed by atoms with E-state index < -0.39 is 65.6 Å². The first-order chi connectivity index (χ1) is 17.7. The lowest BCUT2D eigenvalue weighted by atomic mass is 9.96. The van der Waals surface area contributed by atoms with Crippen molar-refractivity contribution < 1.29 is 33.9 Å². The first-order valence-corrected chi connectivity index (χ1v) is 12.2. The summed E-state index contributed by atoms with van der Waals surface area (Å²) in [5.41, 5.74) is 26.6. The molecule has 14 N–H and O–H groups in total. The van der Waals surface area contributed by atoms with Crippen LogP contribution < -0.4 is 44.6 Å². The summed E-state index contributed by atoms with van der Waals surface area (Å²) in [5, 5.41) is 16.7. The van der Waals surface area contributed by atoms with Crippen LogP contribution in [0.15, 0.2) is 4.99 Å². The lowest BCUT2D eigenvalue weighted by Gasteiger charge is -2.28. The fourth-order valence-electron chi connectivity index (χ4n) is 3.25. The summed E-state index contributed by atoms with van der Waals surface area (Å²) >= 11 is 0. The number of rotatable bonds is 19. The Labute approximate surface area is 220 Å². The van der Waals surface area contributed by atoms with E-state index in [0.717, 1.165) is 0 Å². The summed E-state index contributed by atoms with van der Waals surface area (Å²) < 4.78 is 0. The van der Waals surface area contributed by atoms with Crippen molar-refractivity contribution in [1.82, 2.24) is 16.0 Å². The largest absolute Gasteiger partial charge is 0.480 e. The van der Waals surface area contributed by atoms with E-state index in [9.17, 15) is 33.9 Å². The van der Waals surface area contributed by atoms with Gasteiger partial charge in [-0.25, -0.2) is 4.79 Å². The van der Waals surface area contributed by atoms with Gasteiger partial charge in [0.2, 0.25) is 29.5 Å². The van der Waals surface area contributed by atoms with Gasteiger partial charge in [-0.3, -0.25) is 29.0 Å². The molecule has 5 unspecified atom stereocenters. The summed E-state index contributed by atoms with van der Waals surface area (Å²) in [4.78, 5) is 76.3. The maximum absolute atomic E-state index is 13.1. The number of aliphatic imine (C=N–C) groups is 1. The summed E-state index contributed by atoms with van der Waals surface area (Å²) in [6.45, 7) is 3.66. The second kappa shape index (κ2) is 17.5. The van der Waals surface area contributed by atoms with Gasteiger partial charge in [0.15, 0.2) is 5.96 Å². The summed E-state index contributed by atoms with van der Waals surface area (Å²) in [6.07, 6.45) is 0.0939. The van der Waals surface area contributed by atoms with Crippen LogP contribution in [-0.4, -0.2) is 77.3 Å². The highest BCUT2D eigenvalue weighted by Crippen LogP contribution is 2.11. The molecule has 0 bridgehead atoms. The van der Waals surface area contributed by atoms with Crippen molar-refractivity contribution in [1.29, 1.82) is 0 Å². The van der Waals surface area contributed by atoms with Gasteiger partial charge in [-0.1, -0.05) is 20.3 Å². The Kier molecular flexibility index (Phi) is 15.7. The van der Waals surface area contributed by atoms with E-state index in [1.807, 2.05) is 0 Å². The molecule has 0 heterocycles. The molecule has 0 radical (unpaired) electrons. The highest BCUT2D eigenvalue weighted by Gasteiger charge is 2.33. The number of primary amides is 2. The van der Waals surface area contributed by atoms with Gasteiger partial charge >= 0.3 is 5.97 Å². The highest BCUT2D eigenvalue weighted by atomic mass is 16.4. The smallest absolute Gasteiger partial charge is 0.326 e. The molecule has 38 heavy (non-hydrogen) atoms. The van der Waals surface area contributed by atoms with Crippen LogP contribution in [0.4, 0.5) is 0 Å². The van der Waals surface area contributed by atoms with Gasteiger partial charge in [-0.15, -0.1) is 0 Å². The van der Waals surface area contributed by atoms with Gasteiger partial charge in [-0.05, 0) is 31.6 Å². The second-order valence-corrected chi connectivity index (χ2v) is 8.90. The first kappa shape index (κ1) is 34.0. The molecule has 0 saturated carbocycles. The van der Waals surface area contributed by atoms with E-state index in [-0.39, 0.29) is 44.6 Å². The Morgan fingerprint density at radius 3 is 1.79 bits per heavy atom. The van der Waals surface area contributed by atoms with Crippen molar-refractivity contribution >= 4 is 41.5 Å². The number of carbonyl (C=O) groups is 6. The van der Waals surface area contributed by atoms with Crippen LogP contribution in [0.2, 0.25) is 0 Å². The fourth-order valence-corrected chi connectivity index (χ4v) is 3.25. The van der Waals surface area contributed by atoms with Crippen molar-refractivity contribution in [2.75, 3.05) is 6.54 Å². The molecule has 216 valence electrons. The molecule has 0 aliphatic carbocycles. The van der Waals surface area contributed by atoms with E-state index in [1.165, 1.54) is 0 Å². The molecule has 5 atom stereocenters. The minimum absolute atomic E-state index is 0.103. The van der Waals surface area contributed by atoms with Gasteiger partial charge in [0.05, 0.1) is 6.04 Å². The third kappa shape index (κ3) is 14.0. The summed E-state index contributed by atoms with van der Waals surface area (Å²) in [5.74, 6) is -5.66. The zero-order chi connectivity index (χ0) is 29.4. The molecule has 0 aromatic rings. The van der Waals surface area contributed by atoms with E-state index in [2.05, 4.69) is 20.9 Å². The maximum atomic E-state index is 13.1. The molecule has 0 aromatic carbocycles. The van der Waals surface area contributed by atoms with Crippen LogP contribution in [0.5, 0.6) is 0 Å². The van der Waals surface area contributed by atoms with E-state index in [4.69, 9.17) is 28.7 Å². The third-order valence-corrected chi connectivity index (χ3v) is 5.70. The third-order valence-electron chi connectivity index (χ3n) is 5.70. The predicted molar refractivity (Wildman–Crippen MR) is 138 cm³/mol. The molecular formula is C22H41N9O7. The number of amides is 5. The Morgan fingerprint density at radius 1 is 0.789 bits per heavy atom. The SMILES string of the molecule is CCC(C)C(NC(=O)C(CCC(N)=O)NC(=O)C(N)CCCN=C(N)N)C(=O)NC(CCC(N)=O)C(=O)O. The second-order valence-electron chi connectivity index (χ2n) is 8.90. The quantitative estimate of drug-likeness (QED) is 0.0439. The Balaban J connectivity index is 5.55.